The van der Waals surface area contributed by atoms with Crippen molar-refractivity contribution in [2.45, 2.75) is 31.8 Å². The van der Waals surface area contributed by atoms with Gasteiger partial charge in [-0.2, -0.15) is 0 Å². The summed E-state index contributed by atoms with van der Waals surface area (Å²) in [7, 11) is 2.18. The van der Waals surface area contributed by atoms with Gasteiger partial charge in [0, 0.05) is 25.3 Å². The molecule has 94 valence electrons. The van der Waals surface area contributed by atoms with Gasteiger partial charge in [0.25, 0.3) is 0 Å². The number of hydrogen-bond donors (Lipinski definition) is 1. The quantitative estimate of drug-likeness (QED) is 0.865. The number of rotatable bonds is 4. The number of likely N-dealkylation sites (N-methyl/N-ethyl adjacent to an activating group) is 1. The van der Waals surface area contributed by atoms with E-state index in [0.29, 0.717) is 6.04 Å². The first-order chi connectivity index (χ1) is 8.24. The first-order valence-corrected chi connectivity index (χ1v) is 7.06. The molecule has 1 atom stereocenters. The summed E-state index contributed by atoms with van der Waals surface area (Å²) in [4.78, 5) is 6.62. The van der Waals surface area contributed by atoms with Crippen LogP contribution in [0, 0.1) is 0 Å². The zero-order valence-electron chi connectivity index (χ0n) is 10.3. The molecule has 0 amide bonds. The van der Waals surface area contributed by atoms with Crippen LogP contribution in [0.15, 0.2) is 22.9 Å². The molecule has 1 saturated heterocycles. The minimum atomic E-state index is 0.664. The molecule has 0 saturated carbocycles. The Balaban J connectivity index is 1.79. The maximum atomic E-state index is 4.25. The fourth-order valence-electron chi connectivity index (χ4n) is 2.33. The van der Waals surface area contributed by atoms with Gasteiger partial charge in [-0.05, 0) is 54.0 Å². The summed E-state index contributed by atoms with van der Waals surface area (Å²) in [5, 5.41) is 3.58. The van der Waals surface area contributed by atoms with E-state index >= 15 is 0 Å². The third-order valence-electron chi connectivity index (χ3n) is 3.19. The number of aromatic nitrogens is 1. The van der Waals surface area contributed by atoms with Gasteiger partial charge in [0.15, 0.2) is 0 Å². The third kappa shape index (κ3) is 4.37. The number of halogens is 1. The molecule has 17 heavy (non-hydrogen) atoms. The summed E-state index contributed by atoms with van der Waals surface area (Å²) in [6.07, 6.45) is 5.94. The second-order valence-corrected chi connectivity index (χ2v) is 5.65. The molecule has 3 nitrogen and oxygen atoms in total. The second-order valence-electron chi connectivity index (χ2n) is 4.83. The van der Waals surface area contributed by atoms with Gasteiger partial charge in [0.2, 0.25) is 0 Å². The number of pyridine rings is 1. The smallest absolute Gasteiger partial charge is 0.106 e. The van der Waals surface area contributed by atoms with Crippen molar-refractivity contribution in [3.05, 3.63) is 28.5 Å². The molecular weight excluding hydrogens is 278 g/mol. The molecular formula is C13H20BrN3. The molecule has 1 N–H and O–H groups in total. The number of piperidine rings is 1. The third-order valence-corrected chi connectivity index (χ3v) is 3.65. The van der Waals surface area contributed by atoms with Crippen LogP contribution in [-0.4, -0.2) is 36.1 Å². The fourth-order valence-corrected chi connectivity index (χ4v) is 2.57. The Morgan fingerprint density at radius 1 is 1.47 bits per heavy atom. The molecule has 1 fully saturated rings. The van der Waals surface area contributed by atoms with E-state index in [-0.39, 0.29) is 0 Å². The maximum absolute atomic E-state index is 4.25. The van der Waals surface area contributed by atoms with E-state index < -0.39 is 0 Å². The van der Waals surface area contributed by atoms with Crippen molar-refractivity contribution in [2.24, 2.45) is 0 Å². The van der Waals surface area contributed by atoms with E-state index in [2.05, 4.69) is 44.2 Å². The molecule has 2 rings (SSSR count). The van der Waals surface area contributed by atoms with Gasteiger partial charge in [-0.3, -0.25) is 0 Å². The molecule has 0 spiro atoms. The highest BCUT2D eigenvalue weighted by Gasteiger charge is 2.14. The second kappa shape index (κ2) is 6.47. The number of nitrogens with zero attached hydrogens (tertiary/aromatic N) is 2. The Morgan fingerprint density at radius 2 is 2.35 bits per heavy atom. The molecule has 0 aliphatic carbocycles. The van der Waals surface area contributed by atoms with Crippen LogP contribution in [-0.2, 0) is 6.54 Å². The van der Waals surface area contributed by atoms with Crippen LogP contribution in [0.2, 0.25) is 0 Å². The summed E-state index contributed by atoms with van der Waals surface area (Å²) in [5.74, 6) is 0. The van der Waals surface area contributed by atoms with Crippen molar-refractivity contribution in [1.82, 2.24) is 15.2 Å². The van der Waals surface area contributed by atoms with E-state index in [9.17, 15) is 0 Å². The standard InChI is InChI=1S/C13H20BrN3/c1-17(10-12-4-2-3-7-15-12)9-11-5-6-13(14)16-8-11/h5-6,8,12,15H,2-4,7,9-10H2,1H3. The number of nitrogens with one attached hydrogen (secondary N) is 1. The molecule has 4 heteroatoms. The Bertz CT molecular complexity index is 333. The van der Waals surface area contributed by atoms with Crippen molar-refractivity contribution in [2.75, 3.05) is 20.1 Å². The minimum absolute atomic E-state index is 0.664. The maximum Gasteiger partial charge on any atom is 0.106 e. The molecule has 0 aromatic carbocycles. The van der Waals surface area contributed by atoms with Gasteiger partial charge in [0.1, 0.15) is 4.60 Å². The lowest BCUT2D eigenvalue weighted by Crippen LogP contribution is -2.42. The van der Waals surface area contributed by atoms with Crippen LogP contribution in [0.25, 0.3) is 0 Å². The monoisotopic (exact) mass is 297 g/mol. The Labute approximate surface area is 112 Å². The average Bonchev–Trinajstić information content (AvgIpc) is 2.33. The molecule has 1 unspecified atom stereocenters. The first kappa shape index (κ1) is 13.0. The van der Waals surface area contributed by atoms with Crippen LogP contribution in [0.3, 0.4) is 0 Å². The molecule has 0 radical (unpaired) electrons. The Kier molecular flexibility index (Phi) is 4.95. The minimum Gasteiger partial charge on any atom is -0.313 e. The Morgan fingerprint density at radius 3 is 3.00 bits per heavy atom. The highest BCUT2D eigenvalue weighted by Crippen LogP contribution is 2.11. The van der Waals surface area contributed by atoms with Crippen molar-refractivity contribution < 1.29 is 0 Å². The summed E-state index contributed by atoms with van der Waals surface area (Å²) in [6.45, 7) is 3.27. The zero-order chi connectivity index (χ0) is 12.1. The fraction of sp³-hybridized carbons (Fsp3) is 0.615. The highest BCUT2D eigenvalue weighted by molar-refractivity contribution is 9.10. The molecule has 1 aliphatic heterocycles. The van der Waals surface area contributed by atoms with Crippen LogP contribution in [0.1, 0.15) is 24.8 Å². The van der Waals surface area contributed by atoms with Crippen molar-refractivity contribution in [1.29, 1.82) is 0 Å². The van der Waals surface area contributed by atoms with Crippen molar-refractivity contribution in [3.8, 4) is 0 Å². The highest BCUT2D eigenvalue weighted by atomic mass is 79.9. The van der Waals surface area contributed by atoms with Crippen LogP contribution in [0.4, 0.5) is 0 Å². The summed E-state index contributed by atoms with van der Waals surface area (Å²) in [5.41, 5.74) is 1.27. The molecule has 2 heterocycles. The predicted molar refractivity (Wildman–Crippen MR) is 73.9 cm³/mol. The lowest BCUT2D eigenvalue weighted by Gasteiger charge is -2.28. The van der Waals surface area contributed by atoms with Gasteiger partial charge in [-0.25, -0.2) is 4.98 Å². The van der Waals surface area contributed by atoms with Gasteiger partial charge in [0.05, 0.1) is 0 Å². The van der Waals surface area contributed by atoms with Crippen molar-refractivity contribution in [3.63, 3.8) is 0 Å². The SMILES string of the molecule is CN(Cc1ccc(Br)nc1)CC1CCCCN1. The van der Waals surface area contributed by atoms with Gasteiger partial charge in [-0.1, -0.05) is 12.5 Å². The predicted octanol–water partition coefficient (Wildman–Crippen LogP) is 2.42. The molecule has 1 aliphatic rings. The van der Waals surface area contributed by atoms with E-state index in [4.69, 9.17) is 0 Å². The van der Waals surface area contributed by atoms with Gasteiger partial charge >= 0.3 is 0 Å². The van der Waals surface area contributed by atoms with Crippen LogP contribution < -0.4 is 5.32 Å². The van der Waals surface area contributed by atoms with Crippen LogP contribution >= 0.6 is 15.9 Å². The van der Waals surface area contributed by atoms with Crippen molar-refractivity contribution >= 4 is 15.9 Å². The van der Waals surface area contributed by atoms with Crippen LogP contribution in [0.5, 0.6) is 0 Å². The summed E-state index contributed by atoms with van der Waals surface area (Å²) < 4.78 is 0.901. The molecule has 1 aromatic heterocycles. The van der Waals surface area contributed by atoms with E-state index in [1.165, 1.54) is 31.4 Å². The average molecular weight is 298 g/mol. The number of hydrogen-bond acceptors (Lipinski definition) is 3. The van der Waals surface area contributed by atoms with Gasteiger partial charge < -0.3 is 10.2 Å². The zero-order valence-corrected chi connectivity index (χ0v) is 11.9. The topological polar surface area (TPSA) is 28.2 Å². The normalized spacial score (nSPS) is 20.8. The molecule has 0 bridgehead atoms. The van der Waals surface area contributed by atoms with E-state index in [1.807, 2.05) is 12.3 Å². The first-order valence-electron chi connectivity index (χ1n) is 6.26. The Hall–Kier alpha value is -0.450. The summed E-state index contributed by atoms with van der Waals surface area (Å²) >= 11 is 3.36. The van der Waals surface area contributed by atoms with E-state index in [1.54, 1.807) is 0 Å². The lowest BCUT2D eigenvalue weighted by atomic mass is 10.0. The molecule has 1 aromatic rings. The lowest BCUT2D eigenvalue weighted by molar-refractivity contribution is 0.256. The van der Waals surface area contributed by atoms with Gasteiger partial charge in [-0.15, -0.1) is 0 Å². The summed E-state index contributed by atoms with van der Waals surface area (Å²) in [6, 6.07) is 4.79. The largest absolute Gasteiger partial charge is 0.313 e. The van der Waals surface area contributed by atoms with E-state index in [0.717, 1.165) is 17.7 Å².